The van der Waals surface area contributed by atoms with Gasteiger partial charge < -0.3 is 85.1 Å². The number of amides is 5. The number of nitrogens with one attached hydrogen (secondary N) is 5. The first kappa shape index (κ1) is 61.4. The second-order valence-electron chi connectivity index (χ2n) is 20.8. The number of cyclic esters (lactones) is 1. The second kappa shape index (κ2) is 26.7. The van der Waals surface area contributed by atoms with Gasteiger partial charge in [-0.05, 0) is 80.0 Å². The number of fused-ring (bicyclic) bond motifs is 5. The average molecular weight is 1160 g/mol. The molecule has 27 heteroatoms. The maximum Gasteiger partial charge on any atom is 0.407 e. The van der Waals surface area contributed by atoms with Gasteiger partial charge in [0.1, 0.15) is 69.6 Å². The van der Waals surface area contributed by atoms with Crippen molar-refractivity contribution in [1.29, 1.82) is 0 Å². The van der Waals surface area contributed by atoms with E-state index in [0.717, 1.165) is 32.1 Å². The molecule has 5 heterocycles. The fourth-order valence-corrected chi connectivity index (χ4v) is 10.5. The SMILES string of the molecule is CCCCCCC(C)OCC(=O)NCCNC(=O)c1cc(COC(=O)NCC(=O)NCOCC(=O)N[C@H]2CCc3c(C)c(F)cc4nc5c(c2c34)Cn2c-5cc3c(c2=O)COC(=O)[C@]3(O)CC)ccc1O[C@@H]1O[C@H](C(=O)O)[C@@H](O)[C@H](O)[C@H]1O. The number of carboxylic acids is 1. The Morgan fingerprint density at radius 3 is 2.42 bits per heavy atom. The average Bonchev–Trinajstić information content (AvgIpc) is 3.88. The third-order valence-corrected chi connectivity index (χ3v) is 15.1. The van der Waals surface area contributed by atoms with Gasteiger partial charge >= 0.3 is 18.0 Å². The van der Waals surface area contributed by atoms with Crippen LogP contribution in [0.3, 0.4) is 0 Å². The Morgan fingerprint density at radius 2 is 1.67 bits per heavy atom. The first-order valence-corrected chi connectivity index (χ1v) is 27.4. The van der Waals surface area contributed by atoms with Gasteiger partial charge in [0.15, 0.2) is 11.7 Å². The number of aromatic nitrogens is 2. The largest absolute Gasteiger partial charge is 0.479 e. The zero-order valence-corrected chi connectivity index (χ0v) is 46.2. The number of carbonyl (C=O) groups is 7. The number of esters is 1. The van der Waals surface area contributed by atoms with Crippen molar-refractivity contribution in [3.63, 3.8) is 0 Å². The monoisotopic (exact) mass is 1160 g/mol. The van der Waals surface area contributed by atoms with Crippen molar-refractivity contribution in [3.8, 4) is 17.1 Å². The van der Waals surface area contributed by atoms with Gasteiger partial charge in [-0.1, -0.05) is 45.6 Å². The van der Waals surface area contributed by atoms with Crippen molar-refractivity contribution in [2.45, 2.75) is 147 Å². The fraction of sp³-hybridized carbons (Fsp3) is 0.518. The van der Waals surface area contributed by atoms with E-state index in [9.17, 15) is 63.9 Å². The summed E-state index contributed by atoms with van der Waals surface area (Å²) in [7, 11) is 0. The summed E-state index contributed by atoms with van der Waals surface area (Å²) in [6, 6.07) is 6.00. The summed E-state index contributed by atoms with van der Waals surface area (Å²) in [6.07, 6.45) is -5.35. The standard InChI is InChI=1S/C56H68FN7O19/c1-5-7-8-9-10-27(3)79-25-41(66)58-15-16-59-50(71)31-17-29(11-14-39(31)82-53-48(70)46(68)47(69)49(83-53)52(73)74)22-81-55(76)60-20-40(65)61-26-78-24-42(67)62-36-13-12-30-28(4)35(57)19-37-43(30)44(36)32-21-64-38(45(32)63-37)18-34-33(51(64)72)23-80-54(75)56(34,77)6-2/h11,14,17-19,27,36,46-49,53,68-70,77H,5-10,12-13,15-16,20-26H2,1-4H3,(H,58,66)(H,59,71)(H,60,76)(H,61,65)(H,62,67)(H,73,74)/t27?,36-,46-,47-,48+,49-,53+,56-/m0/s1. The summed E-state index contributed by atoms with van der Waals surface area (Å²) in [6.45, 7) is 4.59. The third-order valence-electron chi connectivity index (χ3n) is 15.1. The number of ether oxygens (including phenoxy) is 6. The smallest absolute Gasteiger partial charge is 0.407 e. The van der Waals surface area contributed by atoms with E-state index in [1.807, 2.05) is 6.92 Å². The number of rotatable bonds is 25. The van der Waals surface area contributed by atoms with E-state index in [4.69, 9.17) is 33.4 Å². The third kappa shape index (κ3) is 13.6. The number of benzene rings is 2. The molecule has 10 N–H and O–H groups in total. The molecule has 2 aromatic heterocycles. The molecule has 1 saturated heterocycles. The van der Waals surface area contributed by atoms with Crippen LogP contribution in [0, 0.1) is 12.7 Å². The number of pyridine rings is 2. The summed E-state index contributed by atoms with van der Waals surface area (Å²) in [4.78, 5) is 108. The van der Waals surface area contributed by atoms with Gasteiger partial charge in [-0.2, -0.15) is 0 Å². The Labute approximate surface area is 474 Å². The van der Waals surface area contributed by atoms with E-state index in [1.54, 1.807) is 19.9 Å². The van der Waals surface area contributed by atoms with E-state index in [0.29, 0.717) is 57.4 Å². The van der Waals surface area contributed by atoms with Crippen molar-refractivity contribution < 1.29 is 91.9 Å². The maximum absolute atomic E-state index is 15.4. The van der Waals surface area contributed by atoms with Gasteiger partial charge in [0.05, 0.1) is 46.7 Å². The fourth-order valence-electron chi connectivity index (χ4n) is 10.5. The molecule has 8 atom stereocenters. The number of aliphatic hydroxyl groups excluding tert-OH is 3. The van der Waals surface area contributed by atoms with Crippen LogP contribution >= 0.6 is 0 Å². The summed E-state index contributed by atoms with van der Waals surface area (Å²) in [5, 5.41) is 65.5. The van der Waals surface area contributed by atoms with Crippen LogP contribution in [0.4, 0.5) is 9.18 Å². The van der Waals surface area contributed by atoms with E-state index in [1.165, 1.54) is 28.8 Å². The second-order valence-corrected chi connectivity index (χ2v) is 20.8. The lowest BCUT2D eigenvalue weighted by molar-refractivity contribution is -0.271. The number of nitrogens with zero attached hydrogens (tertiary/aromatic N) is 2. The van der Waals surface area contributed by atoms with Gasteiger partial charge in [-0.3, -0.25) is 24.0 Å². The lowest BCUT2D eigenvalue weighted by atomic mass is 9.81. The molecule has 1 unspecified atom stereocenters. The van der Waals surface area contributed by atoms with Crippen LogP contribution in [0.1, 0.15) is 121 Å². The number of aliphatic hydroxyl groups is 4. The maximum atomic E-state index is 15.4. The number of unbranched alkanes of at least 4 members (excludes halogenated alkanes) is 3. The van der Waals surface area contributed by atoms with Crippen molar-refractivity contribution in [1.82, 2.24) is 36.1 Å². The summed E-state index contributed by atoms with van der Waals surface area (Å²) in [5.74, 6) is -5.84. The molecular formula is C56H68FN7O19. The van der Waals surface area contributed by atoms with Crippen LogP contribution in [0.5, 0.6) is 5.75 Å². The van der Waals surface area contributed by atoms with Gasteiger partial charge in [0.2, 0.25) is 24.0 Å². The van der Waals surface area contributed by atoms with E-state index in [2.05, 4.69) is 33.5 Å². The number of hydrogen-bond acceptors (Lipinski definition) is 19. The zero-order valence-electron chi connectivity index (χ0n) is 46.2. The number of hydrogen-bond donors (Lipinski definition) is 10. The van der Waals surface area contributed by atoms with Crippen LogP contribution in [-0.2, 0) is 79.4 Å². The minimum absolute atomic E-state index is 0.0126. The Morgan fingerprint density at radius 1 is 0.904 bits per heavy atom. The molecule has 448 valence electrons. The lowest BCUT2D eigenvalue weighted by Crippen LogP contribution is -2.61. The molecular weight excluding hydrogens is 1090 g/mol. The number of aliphatic carboxylic acids is 1. The number of alkyl carbamates (subject to hydrolysis) is 1. The highest BCUT2D eigenvalue weighted by Gasteiger charge is 2.49. The predicted molar refractivity (Wildman–Crippen MR) is 286 cm³/mol. The van der Waals surface area contributed by atoms with Crippen LogP contribution in [0.2, 0.25) is 0 Å². The highest BCUT2D eigenvalue weighted by molar-refractivity contribution is 5.97. The minimum Gasteiger partial charge on any atom is -0.479 e. The van der Waals surface area contributed by atoms with Crippen LogP contribution in [-0.4, -0.2) is 153 Å². The molecule has 8 rings (SSSR count). The van der Waals surface area contributed by atoms with Gasteiger partial charge in [0, 0.05) is 35.7 Å². The molecule has 4 aliphatic rings. The Kier molecular flexibility index (Phi) is 19.8. The zero-order chi connectivity index (χ0) is 59.9. The summed E-state index contributed by atoms with van der Waals surface area (Å²) >= 11 is 0. The Bertz CT molecular complexity index is 3230. The molecule has 4 aromatic rings. The first-order valence-electron chi connectivity index (χ1n) is 27.4. The van der Waals surface area contributed by atoms with Gasteiger partial charge in [-0.25, -0.2) is 23.8 Å². The van der Waals surface area contributed by atoms with Gasteiger partial charge in [-0.15, -0.1) is 0 Å². The van der Waals surface area contributed by atoms with Crippen LogP contribution < -0.4 is 36.9 Å². The molecule has 0 saturated carbocycles. The predicted octanol–water partition coefficient (Wildman–Crippen LogP) is 1.14. The molecule has 2 aromatic carbocycles. The molecule has 3 aliphatic heterocycles. The molecule has 0 spiro atoms. The van der Waals surface area contributed by atoms with Crippen molar-refractivity contribution in [3.05, 3.63) is 91.0 Å². The molecule has 1 aliphatic carbocycles. The summed E-state index contributed by atoms with van der Waals surface area (Å²) < 4.78 is 49.3. The molecule has 5 amide bonds. The van der Waals surface area contributed by atoms with E-state index < -0.39 is 122 Å². The number of aryl methyl sites for hydroxylation is 1. The van der Waals surface area contributed by atoms with Crippen molar-refractivity contribution in [2.24, 2.45) is 0 Å². The Hall–Kier alpha value is -7.66. The van der Waals surface area contributed by atoms with E-state index >= 15 is 4.39 Å². The van der Waals surface area contributed by atoms with E-state index in [-0.39, 0.29) is 73.4 Å². The molecule has 83 heavy (non-hydrogen) atoms. The molecule has 0 radical (unpaired) electrons. The Balaban J connectivity index is 0.835. The highest BCUT2D eigenvalue weighted by Crippen LogP contribution is 2.46. The van der Waals surface area contributed by atoms with Crippen LogP contribution in [0.25, 0.3) is 22.3 Å². The van der Waals surface area contributed by atoms with Gasteiger partial charge in [0.25, 0.3) is 11.5 Å². The molecule has 1 fully saturated rings. The first-order chi connectivity index (χ1) is 39.6. The number of carboxylic acid groups (broad SMARTS) is 1. The van der Waals surface area contributed by atoms with Crippen LogP contribution in [0.15, 0.2) is 35.1 Å². The quantitative estimate of drug-likeness (QED) is 0.0222. The normalized spacial score (nSPS) is 21.6. The van der Waals surface area contributed by atoms with Crippen molar-refractivity contribution in [2.75, 3.05) is 39.6 Å². The molecule has 26 nitrogen and oxygen atoms in total. The topological polar surface area (TPSA) is 371 Å². The number of halogens is 1. The highest BCUT2D eigenvalue weighted by atomic mass is 19.1. The summed E-state index contributed by atoms with van der Waals surface area (Å²) in [5.41, 5.74) is 0.928. The number of carbonyl (C=O) groups excluding carboxylic acids is 6. The van der Waals surface area contributed by atoms with Crippen molar-refractivity contribution >= 4 is 52.6 Å². The molecule has 0 bridgehead atoms. The lowest BCUT2D eigenvalue weighted by Gasteiger charge is -2.38. The minimum atomic E-state index is -2.07.